The summed E-state index contributed by atoms with van der Waals surface area (Å²) in [6.45, 7) is 3.62. The number of rotatable bonds is 9. The molecule has 0 spiro atoms. The van der Waals surface area contributed by atoms with Gasteiger partial charge in [-0.1, -0.05) is 24.3 Å². The lowest BCUT2D eigenvalue weighted by Crippen LogP contribution is -2.39. The number of hydrogen-bond acceptors (Lipinski definition) is 4. The Labute approximate surface area is 180 Å². The number of nitrogens with one attached hydrogen (secondary N) is 3. The average molecular weight is 526 g/mol. The van der Waals surface area contributed by atoms with E-state index < -0.39 is 10.0 Å². The molecule has 0 bridgehead atoms. The minimum absolute atomic E-state index is 0. The van der Waals surface area contributed by atoms with Crippen LogP contribution in [0, 0.1) is 5.82 Å². The van der Waals surface area contributed by atoms with Crippen LogP contribution in [0.25, 0.3) is 0 Å². The van der Waals surface area contributed by atoms with Gasteiger partial charge in [-0.2, -0.15) is 0 Å². The van der Waals surface area contributed by atoms with E-state index in [0.717, 1.165) is 0 Å². The Balaban J connectivity index is 0.00000364. The lowest BCUT2D eigenvalue weighted by Gasteiger charge is -2.11. The molecule has 6 nitrogen and oxygen atoms in total. The van der Waals surface area contributed by atoms with E-state index in [1.807, 2.05) is 6.92 Å². The van der Waals surface area contributed by atoms with Crippen molar-refractivity contribution in [2.24, 2.45) is 4.99 Å². The first kappa shape index (κ1) is 23.8. The molecule has 0 atom stereocenters. The van der Waals surface area contributed by atoms with Crippen molar-refractivity contribution >= 4 is 51.3 Å². The number of thiophene rings is 1. The molecule has 2 rings (SSSR count). The molecule has 0 amide bonds. The highest BCUT2D eigenvalue weighted by Gasteiger charge is 2.13. The van der Waals surface area contributed by atoms with Gasteiger partial charge in [0.15, 0.2) is 5.96 Å². The summed E-state index contributed by atoms with van der Waals surface area (Å²) in [6, 6.07) is 9.91. The average Bonchev–Trinajstić information content (AvgIpc) is 3.16. The van der Waals surface area contributed by atoms with E-state index in [2.05, 4.69) is 20.3 Å². The smallest absolute Gasteiger partial charge is 0.250 e. The molecule has 0 saturated carbocycles. The Morgan fingerprint density at radius 3 is 2.59 bits per heavy atom. The first-order valence-corrected chi connectivity index (χ1v) is 10.7. The summed E-state index contributed by atoms with van der Waals surface area (Å²) in [5, 5.41) is 7.92. The molecular weight excluding hydrogens is 502 g/mol. The summed E-state index contributed by atoms with van der Waals surface area (Å²) < 4.78 is 40.4. The van der Waals surface area contributed by atoms with E-state index in [9.17, 15) is 12.8 Å². The molecular formula is C17H24FIN4O2S2. The minimum atomic E-state index is -3.47. The molecule has 10 heteroatoms. The SMILES string of the molecule is CCNC(=NCCNS(=O)(=O)c1cccs1)NCCc1ccccc1F.I. The fraction of sp³-hybridized carbons (Fsp3) is 0.353. The van der Waals surface area contributed by atoms with Crippen molar-refractivity contribution in [3.05, 3.63) is 53.2 Å². The van der Waals surface area contributed by atoms with Crippen molar-refractivity contribution in [1.29, 1.82) is 0 Å². The van der Waals surface area contributed by atoms with Gasteiger partial charge in [0.25, 0.3) is 0 Å². The third kappa shape index (κ3) is 8.11. The van der Waals surface area contributed by atoms with Gasteiger partial charge >= 0.3 is 0 Å². The summed E-state index contributed by atoms with van der Waals surface area (Å²) in [7, 11) is -3.47. The number of hydrogen-bond donors (Lipinski definition) is 3. The molecule has 0 aliphatic heterocycles. The quantitative estimate of drug-likeness (QED) is 0.203. The molecule has 0 unspecified atom stereocenters. The molecule has 27 heavy (non-hydrogen) atoms. The number of guanidine groups is 1. The molecule has 3 N–H and O–H groups in total. The normalized spacial score (nSPS) is 11.7. The van der Waals surface area contributed by atoms with Crippen LogP contribution in [-0.4, -0.2) is 40.6 Å². The molecule has 0 radical (unpaired) electrons. The summed E-state index contributed by atoms with van der Waals surface area (Å²) >= 11 is 1.17. The van der Waals surface area contributed by atoms with Crippen molar-refractivity contribution in [3.63, 3.8) is 0 Å². The van der Waals surface area contributed by atoms with Crippen LogP contribution in [0.2, 0.25) is 0 Å². The van der Waals surface area contributed by atoms with Crippen LogP contribution in [-0.2, 0) is 16.4 Å². The van der Waals surface area contributed by atoms with Crippen LogP contribution in [0.4, 0.5) is 4.39 Å². The fourth-order valence-electron chi connectivity index (χ4n) is 2.19. The molecule has 1 heterocycles. The van der Waals surface area contributed by atoms with Crippen LogP contribution in [0.5, 0.6) is 0 Å². The lowest BCUT2D eigenvalue weighted by molar-refractivity contribution is 0.584. The van der Waals surface area contributed by atoms with Crippen molar-refractivity contribution in [2.45, 2.75) is 17.6 Å². The standard InChI is InChI=1S/C17H23FN4O2S2.HI/c1-2-19-17(20-10-9-14-6-3-4-7-15(14)18)21-11-12-22-26(23,24)16-8-5-13-25-16;/h3-8,13,22H,2,9-12H2,1H3,(H2,19,20,21);1H. The van der Waals surface area contributed by atoms with Crippen molar-refractivity contribution in [3.8, 4) is 0 Å². The van der Waals surface area contributed by atoms with Crippen molar-refractivity contribution in [2.75, 3.05) is 26.2 Å². The zero-order chi connectivity index (χ0) is 18.8. The van der Waals surface area contributed by atoms with Gasteiger partial charge in [-0.15, -0.1) is 35.3 Å². The lowest BCUT2D eigenvalue weighted by atomic mass is 10.1. The summed E-state index contributed by atoms with van der Waals surface area (Å²) in [4.78, 5) is 4.33. The summed E-state index contributed by atoms with van der Waals surface area (Å²) in [5.41, 5.74) is 0.638. The molecule has 1 aromatic carbocycles. The number of halogens is 2. The zero-order valence-electron chi connectivity index (χ0n) is 14.9. The van der Waals surface area contributed by atoms with Gasteiger partial charge in [-0.05, 0) is 36.4 Å². The topological polar surface area (TPSA) is 82.6 Å². The monoisotopic (exact) mass is 526 g/mol. The molecule has 0 fully saturated rings. The number of nitrogens with zero attached hydrogens (tertiary/aromatic N) is 1. The van der Waals surface area contributed by atoms with Crippen LogP contribution in [0.15, 0.2) is 51.0 Å². The highest BCUT2D eigenvalue weighted by molar-refractivity contribution is 14.0. The predicted octanol–water partition coefficient (Wildman–Crippen LogP) is 2.58. The third-order valence-corrected chi connectivity index (χ3v) is 6.28. The van der Waals surface area contributed by atoms with Crippen molar-refractivity contribution < 1.29 is 12.8 Å². The number of aliphatic imine (C=N–C) groups is 1. The molecule has 0 aliphatic rings. The third-order valence-electron chi connectivity index (χ3n) is 3.42. The number of sulfonamides is 1. The van der Waals surface area contributed by atoms with E-state index in [1.165, 1.54) is 17.4 Å². The maximum absolute atomic E-state index is 13.6. The Morgan fingerprint density at radius 2 is 1.93 bits per heavy atom. The second-order valence-electron chi connectivity index (χ2n) is 5.36. The molecule has 1 aromatic heterocycles. The van der Waals surface area contributed by atoms with Crippen LogP contribution < -0.4 is 15.4 Å². The van der Waals surface area contributed by atoms with E-state index in [4.69, 9.17) is 0 Å². The number of benzene rings is 1. The first-order chi connectivity index (χ1) is 12.5. The second kappa shape index (κ2) is 12.3. The van der Waals surface area contributed by atoms with Gasteiger partial charge in [-0.3, -0.25) is 4.99 Å². The largest absolute Gasteiger partial charge is 0.357 e. The molecule has 2 aromatic rings. The highest BCUT2D eigenvalue weighted by atomic mass is 127. The Bertz CT molecular complexity index is 814. The van der Waals surface area contributed by atoms with Crippen LogP contribution in [0.3, 0.4) is 0 Å². The summed E-state index contributed by atoms with van der Waals surface area (Å²) in [5.74, 6) is 0.346. The van der Waals surface area contributed by atoms with Gasteiger partial charge in [0.05, 0.1) is 6.54 Å². The highest BCUT2D eigenvalue weighted by Crippen LogP contribution is 2.14. The molecule has 150 valence electrons. The zero-order valence-corrected chi connectivity index (χ0v) is 18.9. The summed E-state index contributed by atoms with van der Waals surface area (Å²) in [6.07, 6.45) is 0.530. The maximum Gasteiger partial charge on any atom is 0.250 e. The fourth-order valence-corrected chi connectivity index (χ4v) is 4.25. The van der Waals surface area contributed by atoms with Gasteiger partial charge in [0.1, 0.15) is 10.0 Å². The van der Waals surface area contributed by atoms with E-state index >= 15 is 0 Å². The van der Waals surface area contributed by atoms with Gasteiger partial charge in [-0.25, -0.2) is 17.5 Å². The van der Waals surface area contributed by atoms with Crippen LogP contribution in [0.1, 0.15) is 12.5 Å². The van der Waals surface area contributed by atoms with Gasteiger partial charge in [0, 0.05) is 19.6 Å². The minimum Gasteiger partial charge on any atom is -0.357 e. The maximum atomic E-state index is 13.6. The van der Waals surface area contributed by atoms with Crippen molar-refractivity contribution in [1.82, 2.24) is 15.4 Å². The Morgan fingerprint density at radius 1 is 1.15 bits per heavy atom. The Kier molecular flexibility index (Phi) is 10.8. The second-order valence-corrected chi connectivity index (χ2v) is 8.30. The Hall–Kier alpha value is -1.24. The van der Waals surface area contributed by atoms with Crippen LogP contribution >= 0.6 is 35.3 Å². The van der Waals surface area contributed by atoms with Gasteiger partial charge < -0.3 is 10.6 Å². The van der Waals surface area contributed by atoms with E-state index in [-0.39, 0.29) is 40.5 Å². The van der Waals surface area contributed by atoms with Gasteiger partial charge in [0.2, 0.25) is 10.0 Å². The molecule has 0 saturated heterocycles. The first-order valence-electron chi connectivity index (χ1n) is 8.31. The predicted molar refractivity (Wildman–Crippen MR) is 119 cm³/mol. The molecule has 0 aliphatic carbocycles. The van der Waals surface area contributed by atoms with E-state index in [1.54, 1.807) is 35.7 Å². The van der Waals surface area contributed by atoms with E-state index in [0.29, 0.717) is 37.6 Å².